The van der Waals surface area contributed by atoms with Gasteiger partial charge in [-0.2, -0.15) is 0 Å². The summed E-state index contributed by atoms with van der Waals surface area (Å²) in [5, 5.41) is 11.6. The Labute approximate surface area is 182 Å². The van der Waals surface area contributed by atoms with Gasteiger partial charge >= 0.3 is 0 Å². The molecule has 29 heavy (non-hydrogen) atoms. The first-order valence-corrected chi connectivity index (χ1v) is 10.7. The molecular formula is C20H19Cl2N5OS. The van der Waals surface area contributed by atoms with E-state index >= 15 is 0 Å². The van der Waals surface area contributed by atoms with E-state index in [0.29, 0.717) is 23.1 Å². The van der Waals surface area contributed by atoms with Crippen LogP contribution in [0.3, 0.4) is 0 Å². The number of carbonyl (C=O) groups excluding carboxylic acids is 1. The Morgan fingerprint density at radius 1 is 1.00 bits per heavy atom. The van der Waals surface area contributed by atoms with E-state index in [2.05, 4.69) is 20.0 Å². The summed E-state index contributed by atoms with van der Waals surface area (Å²) in [5.41, 5.74) is 7.44. The average molecular weight is 448 g/mol. The summed E-state index contributed by atoms with van der Waals surface area (Å²) in [5.74, 6) is -0.363. The molecule has 4 rings (SSSR count). The van der Waals surface area contributed by atoms with Crippen LogP contribution in [0.15, 0.2) is 48.5 Å². The highest BCUT2D eigenvalue weighted by atomic mass is 35.5. The molecule has 1 fully saturated rings. The topological polar surface area (TPSA) is 75.4 Å². The first kappa shape index (κ1) is 20.1. The van der Waals surface area contributed by atoms with Gasteiger partial charge in [-0.05, 0) is 23.8 Å². The lowest BCUT2D eigenvalue weighted by Crippen LogP contribution is -2.50. The Kier molecular flexibility index (Phi) is 6.01. The molecule has 0 aliphatic carbocycles. The van der Waals surface area contributed by atoms with Crippen LogP contribution in [0.25, 0.3) is 10.6 Å². The first-order chi connectivity index (χ1) is 14.0. The van der Waals surface area contributed by atoms with Crippen molar-refractivity contribution in [2.45, 2.75) is 6.04 Å². The van der Waals surface area contributed by atoms with Gasteiger partial charge in [0.05, 0.1) is 5.02 Å². The molecule has 1 unspecified atom stereocenters. The third kappa shape index (κ3) is 4.38. The van der Waals surface area contributed by atoms with Crippen LogP contribution < -0.4 is 10.6 Å². The lowest BCUT2D eigenvalue weighted by molar-refractivity contribution is -0.123. The van der Waals surface area contributed by atoms with Gasteiger partial charge in [0.25, 0.3) is 0 Å². The van der Waals surface area contributed by atoms with Gasteiger partial charge in [0, 0.05) is 36.8 Å². The number of nitrogens with zero attached hydrogens (tertiary/aromatic N) is 4. The van der Waals surface area contributed by atoms with E-state index in [-0.39, 0.29) is 5.91 Å². The molecule has 0 radical (unpaired) electrons. The number of piperazine rings is 1. The molecule has 1 aliphatic rings. The van der Waals surface area contributed by atoms with Crippen LogP contribution in [0.2, 0.25) is 10.0 Å². The molecule has 2 aromatic carbocycles. The summed E-state index contributed by atoms with van der Waals surface area (Å²) in [6, 6.07) is 14.4. The fourth-order valence-electron chi connectivity index (χ4n) is 3.46. The molecule has 1 aromatic heterocycles. The van der Waals surface area contributed by atoms with Crippen molar-refractivity contribution in [2.75, 3.05) is 31.1 Å². The maximum Gasteiger partial charge on any atom is 0.239 e. The molecule has 1 atom stereocenters. The summed E-state index contributed by atoms with van der Waals surface area (Å²) in [7, 11) is 0. The largest absolute Gasteiger partial charge is 0.368 e. The van der Waals surface area contributed by atoms with Crippen LogP contribution >= 0.6 is 34.5 Å². The van der Waals surface area contributed by atoms with E-state index in [1.165, 1.54) is 11.3 Å². The fourth-order valence-corrected chi connectivity index (χ4v) is 4.80. The smallest absolute Gasteiger partial charge is 0.239 e. The van der Waals surface area contributed by atoms with E-state index in [4.69, 9.17) is 28.9 Å². The molecule has 6 nitrogen and oxygen atoms in total. The number of hydrogen-bond acceptors (Lipinski definition) is 6. The quantitative estimate of drug-likeness (QED) is 0.642. The number of anilines is 1. The van der Waals surface area contributed by atoms with Crippen LogP contribution in [-0.4, -0.2) is 47.2 Å². The van der Waals surface area contributed by atoms with E-state index in [1.54, 1.807) is 12.1 Å². The standard InChI is InChI=1S/C20H19Cl2N5OS/c21-14-7-5-13(6-8-14)17(18(23)28)26-9-11-27(12-10-26)20-25-24-19(29-20)15-3-1-2-4-16(15)22/h1-8,17H,9-12H2,(H2,23,28). The highest BCUT2D eigenvalue weighted by Gasteiger charge is 2.30. The van der Waals surface area contributed by atoms with Gasteiger partial charge < -0.3 is 10.6 Å². The van der Waals surface area contributed by atoms with Crippen LogP contribution in [0.4, 0.5) is 5.13 Å². The van der Waals surface area contributed by atoms with Gasteiger partial charge in [-0.25, -0.2) is 0 Å². The molecule has 2 heterocycles. The highest BCUT2D eigenvalue weighted by molar-refractivity contribution is 7.18. The normalized spacial score (nSPS) is 16.0. The van der Waals surface area contributed by atoms with E-state index < -0.39 is 6.04 Å². The lowest BCUT2D eigenvalue weighted by atomic mass is 10.0. The maximum atomic E-state index is 12.1. The molecule has 0 bridgehead atoms. The predicted molar refractivity (Wildman–Crippen MR) is 118 cm³/mol. The van der Waals surface area contributed by atoms with Crippen molar-refractivity contribution in [1.29, 1.82) is 0 Å². The highest BCUT2D eigenvalue weighted by Crippen LogP contribution is 2.34. The monoisotopic (exact) mass is 447 g/mol. The molecule has 2 N–H and O–H groups in total. The number of hydrogen-bond donors (Lipinski definition) is 1. The van der Waals surface area contributed by atoms with Gasteiger partial charge in [-0.15, -0.1) is 10.2 Å². The minimum Gasteiger partial charge on any atom is -0.368 e. The van der Waals surface area contributed by atoms with Gasteiger partial charge in [0.1, 0.15) is 6.04 Å². The third-order valence-corrected chi connectivity index (χ3v) is 6.52. The number of aromatic nitrogens is 2. The van der Waals surface area contributed by atoms with Gasteiger partial charge in [0.15, 0.2) is 5.01 Å². The molecule has 0 saturated carbocycles. The number of carbonyl (C=O) groups is 1. The van der Waals surface area contributed by atoms with E-state index in [9.17, 15) is 4.79 Å². The number of nitrogens with two attached hydrogens (primary N) is 1. The van der Waals surface area contributed by atoms with Crippen molar-refractivity contribution in [3.8, 4) is 10.6 Å². The minimum atomic E-state index is -0.470. The first-order valence-electron chi connectivity index (χ1n) is 9.15. The molecule has 3 aromatic rings. The predicted octanol–water partition coefficient (Wildman–Crippen LogP) is 3.86. The van der Waals surface area contributed by atoms with Crippen LogP contribution in [-0.2, 0) is 4.79 Å². The Balaban J connectivity index is 1.46. The molecule has 1 saturated heterocycles. The second kappa shape index (κ2) is 8.67. The summed E-state index contributed by atoms with van der Waals surface area (Å²) in [6.07, 6.45) is 0. The van der Waals surface area contributed by atoms with E-state index in [0.717, 1.165) is 34.4 Å². The molecular weight excluding hydrogens is 429 g/mol. The Morgan fingerprint density at radius 2 is 1.69 bits per heavy atom. The summed E-state index contributed by atoms with van der Waals surface area (Å²) in [6.45, 7) is 2.84. The van der Waals surface area contributed by atoms with Gasteiger partial charge in [-0.3, -0.25) is 9.69 Å². The zero-order valence-corrected chi connectivity index (χ0v) is 17.8. The molecule has 1 aliphatic heterocycles. The van der Waals surface area contributed by atoms with Crippen molar-refractivity contribution < 1.29 is 4.79 Å². The van der Waals surface area contributed by atoms with Gasteiger partial charge in [-0.1, -0.05) is 64.9 Å². The number of amides is 1. The Bertz CT molecular complexity index is 1000. The molecule has 9 heteroatoms. The minimum absolute atomic E-state index is 0.363. The Hall–Kier alpha value is -2.19. The van der Waals surface area contributed by atoms with Gasteiger partial charge in [0.2, 0.25) is 11.0 Å². The zero-order valence-electron chi connectivity index (χ0n) is 15.5. The average Bonchev–Trinajstić information content (AvgIpc) is 3.20. The molecule has 150 valence electrons. The van der Waals surface area contributed by atoms with Crippen LogP contribution in [0.1, 0.15) is 11.6 Å². The number of rotatable bonds is 5. The SMILES string of the molecule is NC(=O)C(c1ccc(Cl)cc1)N1CCN(c2nnc(-c3ccccc3Cl)s2)CC1. The zero-order chi connectivity index (χ0) is 20.4. The van der Waals surface area contributed by atoms with Crippen molar-refractivity contribution in [3.63, 3.8) is 0 Å². The van der Waals surface area contributed by atoms with Crippen LogP contribution in [0, 0.1) is 0 Å². The lowest BCUT2D eigenvalue weighted by Gasteiger charge is -2.38. The summed E-state index contributed by atoms with van der Waals surface area (Å²) < 4.78 is 0. The molecule has 1 amide bonds. The molecule has 0 spiro atoms. The Morgan fingerprint density at radius 3 is 2.34 bits per heavy atom. The third-order valence-electron chi connectivity index (χ3n) is 4.92. The number of benzene rings is 2. The van der Waals surface area contributed by atoms with Crippen molar-refractivity contribution in [1.82, 2.24) is 15.1 Å². The van der Waals surface area contributed by atoms with Crippen LogP contribution in [0.5, 0.6) is 0 Å². The van der Waals surface area contributed by atoms with Crippen molar-refractivity contribution >= 4 is 45.6 Å². The maximum absolute atomic E-state index is 12.1. The fraction of sp³-hybridized carbons (Fsp3) is 0.250. The van der Waals surface area contributed by atoms with E-state index in [1.807, 2.05) is 36.4 Å². The summed E-state index contributed by atoms with van der Waals surface area (Å²) in [4.78, 5) is 16.4. The van der Waals surface area contributed by atoms with Crippen molar-refractivity contribution in [2.24, 2.45) is 5.73 Å². The summed E-state index contributed by atoms with van der Waals surface area (Å²) >= 11 is 13.8. The van der Waals surface area contributed by atoms with Crippen molar-refractivity contribution in [3.05, 3.63) is 64.1 Å². The second-order valence-corrected chi connectivity index (χ2v) is 8.55. The number of primary amides is 1. The second-order valence-electron chi connectivity index (χ2n) is 6.75. The number of halogens is 2.